The second-order valence-corrected chi connectivity index (χ2v) is 9.44. The fourth-order valence-electron chi connectivity index (χ4n) is 3.09. The van der Waals surface area contributed by atoms with Crippen molar-refractivity contribution >= 4 is 27.6 Å². The van der Waals surface area contributed by atoms with Crippen LogP contribution in [0.5, 0.6) is 0 Å². The summed E-state index contributed by atoms with van der Waals surface area (Å²) in [7, 11) is -2.58. The minimum absolute atomic E-state index is 0.0844. The predicted octanol–water partition coefficient (Wildman–Crippen LogP) is 2.39. The number of hydrogen-bond acceptors (Lipinski definition) is 6. The van der Waals surface area contributed by atoms with E-state index < -0.39 is 39.0 Å². The number of anilines is 1. The number of alkyl halides is 2. The number of rotatable bonds is 4. The Morgan fingerprint density at radius 2 is 1.97 bits per heavy atom. The number of nitrogens with two attached hydrogens (primary N) is 1. The number of carbonyl (C=O) groups is 1. The number of aromatic nitrogens is 1. The van der Waals surface area contributed by atoms with Gasteiger partial charge in [0.2, 0.25) is 16.0 Å². The molecule has 3 N–H and O–H groups in total. The minimum atomic E-state index is -3.83. The molecule has 0 radical (unpaired) electrons. The molecule has 2 aromatic rings. The summed E-state index contributed by atoms with van der Waals surface area (Å²) in [6.07, 6.45) is 0.896. The van der Waals surface area contributed by atoms with Gasteiger partial charge in [0.25, 0.3) is 11.8 Å². The quantitative estimate of drug-likeness (QED) is 0.734. The van der Waals surface area contributed by atoms with Crippen LogP contribution in [-0.4, -0.2) is 42.4 Å². The standard InChI is InChI=1S/C19H20F3N5O3S/c1-18(10-31(29,30)27(3)17(23)26-18)13-8-12(5-6-14(13)20)25-16(28)15-7-4-11(9-24-15)19(2,21)22/h4-9H,10H2,1-3H3,(H2,23,26)(H,25,28)/t18-/m0/s1. The fraction of sp³-hybridized carbons (Fsp3) is 0.316. The number of carbonyl (C=O) groups excluding carboxylic acids is 1. The van der Waals surface area contributed by atoms with E-state index >= 15 is 0 Å². The van der Waals surface area contributed by atoms with Crippen LogP contribution in [0, 0.1) is 5.82 Å². The van der Waals surface area contributed by atoms with Gasteiger partial charge in [-0.3, -0.25) is 9.78 Å². The Morgan fingerprint density at radius 3 is 2.52 bits per heavy atom. The molecule has 1 aliphatic rings. The lowest BCUT2D eigenvalue weighted by atomic mass is 9.93. The molecule has 0 bridgehead atoms. The maximum Gasteiger partial charge on any atom is 0.274 e. The van der Waals surface area contributed by atoms with Crippen molar-refractivity contribution in [3.63, 3.8) is 0 Å². The number of guanidine groups is 1. The Morgan fingerprint density at radius 1 is 1.29 bits per heavy atom. The molecule has 0 spiro atoms. The number of halogens is 3. The van der Waals surface area contributed by atoms with E-state index in [1.807, 2.05) is 0 Å². The van der Waals surface area contributed by atoms with Gasteiger partial charge < -0.3 is 11.1 Å². The van der Waals surface area contributed by atoms with Gasteiger partial charge >= 0.3 is 0 Å². The molecule has 3 rings (SSSR count). The smallest absolute Gasteiger partial charge is 0.274 e. The largest absolute Gasteiger partial charge is 0.369 e. The van der Waals surface area contributed by atoms with E-state index in [0.717, 1.165) is 28.7 Å². The van der Waals surface area contributed by atoms with Crippen LogP contribution in [0.2, 0.25) is 0 Å². The van der Waals surface area contributed by atoms with E-state index in [1.165, 1.54) is 26.1 Å². The second-order valence-electron chi connectivity index (χ2n) is 7.44. The number of nitrogens with one attached hydrogen (secondary N) is 1. The Hall–Kier alpha value is -3.15. The first-order valence-electron chi connectivity index (χ1n) is 9.01. The zero-order chi connectivity index (χ0) is 23.2. The van der Waals surface area contributed by atoms with Crippen LogP contribution in [0.1, 0.15) is 35.5 Å². The number of amides is 1. The van der Waals surface area contributed by atoms with Crippen LogP contribution in [0.3, 0.4) is 0 Å². The lowest BCUT2D eigenvalue weighted by Crippen LogP contribution is -2.50. The number of sulfonamides is 1. The molecule has 0 unspecified atom stereocenters. The summed E-state index contributed by atoms with van der Waals surface area (Å²) < 4.78 is 66.7. The Bertz CT molecular complexity index is 1160. The number of hydrogen-bond donors (Lipinski definition) is 2. The van der Waals surface area contributed by atoms with Gasteiger partial charge in [-0.1, -0.05) is 0 Å². The van der Waals surface area contributed by atoms with Gasteiger partial charge in [-0.15, -0.1) is 0 Å². The van der Waals surface area contributed by atoms with Crippen LogP contribution >= 0.6 is 0 Å². The average Bonchev–Trinajstić information content (AvgIpc) is 2.66. The Labute approximate surface area is 177 Å². The summed E-state index contributed by atoms with van der Waals surface area (Å²) in [5.41, 5.74) is 3.75. The molecule has 1 amide bonds. The summed E-state index contributed by atoms with van der Waals surface area (Å²) in [5.74, 6) is -5.36. The Kier molecular flexibility index (Phi) is 5.47. The predicted molar refractivity (Wildman–Crippen MR) is 109 cm³/mol. The van der Waals surface area contributed by atoms with Crippen molar-refractivity contribution in [2.24, 2.45) is 10.7 Å². The third-order valence-electron chi connectivity index (χ3n) is 4.87. The zero-order valence-corrected chi connectivity index (χ0v) is 17.7. The number of pyridine rings is 1. The summed E-state index contributed by atoms with van der Waals surface area (Å²) in [6, 6.07) is 5.80. The highest BCUT2D eigenvalue weighted by Gasteiger charge is 2.41. The third-order valence-corrected chi connectivity index (χ3v) is 6.82. The molecule has 31 heavy (non-hydrogen) atoms. The van der Waals surface area contributed by atoms with E-state index in [9.17, 15) is 26.4 Å². The van der Waals surface area contributed by atoms with Crippen molar-refractivity contribution in [3.05, 3.63) is 59.2 Å². The molecule has 166 valence electrons. The molecule has 12 heteroatoms. The Balaban J connectivity index is 1.91. The van der Waals surface area contributed by atoms with Gasteiger partial charge in [-0.25, -0.2) is 30.9 Å². The summed E-state index contributed by atoms with van der Waals surface area (Å²) in [4.78, 5) is 20.3. The normalized spacial score (nSPS) is 20.8. The van der Waals surface area contributed by atoms with Crippen LogP contribution in [0.25, 0.3) is 0 Å². The maximum absolute atomic E-state index is 14.6. The van der Waals surface area contributed by atoms with Crippen molar-refractivity contribution in [3.8, 4) is 0 Å². The molecular formula is C19H20F3N5O3S. The molecule has 0 saturated heterocycles. The van der Waals surface area contributed by atoms with E-state index in [0.29, 0.717) is 6.92 Å². The second kappa shape index (κ2) is 7.52. The molecule has 0 saturated carbocycles. The van der Waals surface area contributed by atoms with Crippen molar-refractivity contribution in [1.29, 1.82) is 0 Å². The average molecular weight is 455 g/mol. The summed E-state index contributed by atoms with van der Waals surface area (Å²) >= 11 is 0. The van der Waals surface area contributed by atoms with Gasteiger partial charge in [-0.05, 0) is 37.3 Å². The first kappa shape index (κ1) is 22.5. The highest BCUT2D eigenvalue weighted by atomic mass is 32.2. The van der Waals surface area contributed by atoms with Gasteiger partial charge in [0, 0.05) is 37.0 Å². The molecule has 1 aliphatic heterocycles. The van der Waals surface area contributed by atoms with E-state index in [-0.39, 0.29) is 28.5 Å². The molecule has 2 heterocycles. The van der Waals surface area contributed by atoms with Crippen LogP contribution < -0.4 is 11.1 Å². The summed E-state index contributed by atoms with van der Waals surface area (Å²) in [6.45, 7) is 2.13. The number of aliphatic imine (C=N–C) groups is 1. The van der Waals surface area contributed by atoms with Crippen molar-refractivity contribution in [2.45, 2.75) is 25.3 Å². The molecule has 0 fully saturated rings. The monoisotopic (exact) mass is 455 g/mol. The van der Waals surface area contributed by atoms with E-state index in [1.54, 1.807) is 0 Å². The first-order chi connectivity index (χ1) is 14.2. The van der Waals surface area contributed by atoms with Gasteiger partial charge in [0.05, 0.1) is 5.75 Å². The SMILES string of the molecule is CN1C(N)=N[C@](C)(c2cc(NC(=O)c3ccc(C(C)(F)F)cn3)ccc2F)CS1(=O)=O. The summed E-state index contributed by atoms with van der Waals surface area (Å²) in [5, 5.41) is 2.49. The highest BCUT2D eigenvalue weighted by Crippen LogP contribution is 2.35. The lowest BCUT2D eigenvalue weighted by Gasteiger charge is -2.34. The number of nitrogens with zero attached hydrogens (tertiary/aromatic N) is 3. The lowest BCUT2D eigenvalue weighted by molar-refractivity contribution is 0.0170. The van der Waals surface area contributed by atoms with Crippen molar-refractivity contribution in [1.82, 2.24) is 9.29 Å². The van der Waals surface area contributed by atoms with Crippen LogP contribution in [0.15, 0.2) is 41.5 Å². The van der Waals surface area contributed by atoms with Crippen LogP contribution in [0.4, 0.5) is 18.9 Å². The van der Waals surface area contributed by atoms with E-state index in [4.69, 9.17) is 5.73 Å². The molecular weight excluding hydrogens is 435 g/mol. The van der Waals surface area contributed by atoms with Crippen molar-refractivity contribution in [2.75, 3.05) is 18.1 Å². The molecule has 1 aromatic heterocycles. The number of benzene rings is 1. The molecule has 1 aromatic carbocycles. The fourth-order valence-corrected chi connectivity index (χ4v) is 4.54. The van der Waals surface area contributed by atoms with E-state index in [2.05, 4.69) is 15.3 Å². The third kappa shape index (κ3) is 4.48. The molecule has 8 nitrogen and oxygen atoms in total. The van der Waals surface area contributed by atoms with Crippen LogP contribution in [-0.2, 0) is 21.5 Å². The molecule has 0 aliphatic carbocycles. The minimum Gasteiger partial charge on any atom is -0.369 e. The molecule has 1 atom stereocenters. The first-order valence-corrected chi connectivity index (χ1v) is 10.6. The van der Waals surface area contributed by atoms with Gasteiger partial charge in [0.1, 0.15) is 17.1 Å². The topological polar surface area (TPSA) is 118 Å². The maximum atomic E-state index is 14.6. The highest BCUT2D eigenvalue weighted by molar-refractivity contribution is 7.89. The zero-order valence-electron chi connectivity index (χ0n) is 16.9. The van der Waals surface area contributed by atoms with Gasteiger partial charge in [0.15, 0.2) is 0 Å². The van der Waals surface area contributed by atoms with Gasteiger partial charge in [-0.2, -0.15) is 0 Å². The van der Waals surface area contributed by atoms with Crippen molar-refractivity contribution < 1.29 is 26.4 Å².